The zero-order valence-corrected chi connectivity index (χ0v) is 19.9. The Kier molecular flexibility index (Phi) is 8.13. The number of amides is 2. The van der Waals surface area contributed by atoms with Gasteiger partial charge in [-0.3, -0.25) is 14.6 Å². The summed E-state index contributed by atoms with van der Waals surface area (Å²) in [5.74, 6) is 1.07. The Hall–Kier alpha value is -3.40. The van der Waals surface area contributed by atoms with Gasteiger partial charge in [-0.1, -0.05) is 31.0 Å². The van der Waals surface area contributed by atoms with E-state index in [1.54, 1.807) is 48.5 Å². The number of aromatic nitrogens is 4. The molecule has 9 nitrogen and oxygen atoms in total. The molecule has 2 heterocycles. The number of carbonyl (C=O) groups is 2. The lowest BCUT2D eigenvalue weighted by molar-refractivity contribution is -0.123. The van der Waals surface area contributed by atoms with Crippen LogP contribution in [0.4, 0.5) is 5.69 Å². The van der Waals surface area contributed by atoms with Crippen LogP contribution in [0.1, 0.15) is 32.1 Å². The zero-order chi connectivity index (χ0) is 23.8. The van der Waals surface area contributed by atoms with E-state index in [9.17, 15) is 9.59 Å². The van der Waals surface area contributed by atoms with E-state index in [1.807, 2.05) is 12.1 Å². The van der Waals surface area contributed by atoms with Crippen LogP contribution in [0, 0.1) is 0 Å². The number of thioether (sulfide) groups is 1. The highest BCUT2D eigenvalue weighted by atomic mass is 32.2. The second-order valence-corrected chi connectivity index (χ2v) is 9.02. The predicted octanol–water partition coefficient (Wildman–Crippen LogP) is 3.53. The van der Waals surface area contributed by atoms with Crippen LogP contribution in [-0.4, -0.2) is 50.5 Å². The van der Waals surface area contributed by atoms with Gasteiger partial charge in [0.05, 0.1) is 12.9 Å². The number of pyridine rings is 1. The molecule has 34 heavy (non-hydrogen) atoms. The summed E-state index contributed by atoms with van der Waals surface area (Å²) in [5.41, 5.74) is 1.48. The molecular formula is C24H28N6O3S. The summed E-state index contributed by atoms with van der Waals surface area (Å²) in [6.45, 7) is 0.0526. The fourth-order valence-electron chi connectivity index (χ4n) is 3.82. The quantitative estimate of drug-likeness (QED) is 0.451. The Bertz CT molecular complexity index is 1100. The van der Waals surface area contributed by atoms with Crippen LogP contribution in [0.2, 0.25) is 0 Å². The van der Waals surface area contributed by atoms with Crippen molar-refractivity contribution in [3.63, 3.8) is 0 Å². The number of carbonyl (C=O) groups excluding carboxylic acids is 2. The van der Waals surface area contributed by atoms with Crippen LogP contribution < -0.4 is 15.4 Å². The lowest BCUT2D eigenvalue weighted by Gasteiger charge is -2.22. The first kappa shape index (κ1) is 23.7. The number of hydrogen-bond acceptors (Lipinski definition) is 7. The molecule has 3 aromatic rings. The summed E-state index contributed by atoms with van der Waals surface area (Å²) in [7, 11) is 1.59. The smallest absolute Gasteiger partial charge is 0.242 e. The van der Waals surface area contributed by atoms with Crippen LogP contribution in [0.25, 0.3) is 11.4 Å². The lowest BCUT2D eigenvalue weighted by atomic mass is 9.95. The van der Waals surface area contributed by atoms with Gasteiger partial charge in [-0.15, -0.1) is 5.10 Å². The molecule has 0 bridgehead atoms. The van der Waals surface area contributed by atoms with Crippen molar-refractivity contribution >= 4 is 29.3 Å². The van der Waals surface area contributed by atoms with E-state index >= 15 is 0 Å². The van der Waals surface area contributed by atoms with Gasteiger partial charge in [0.25, 0.3) is 0 Å². The Morgan fingerprint density at radius 2 is 1.79 bits per heavy atom. The van der Waals surface area contributed by atoms with Crippen LogP contribution in [0.15, 0.2) is 53.9 Å². The molecule has 0 atom stereocenters. The monoisotopic (exact) mass is 480 g/mol. The summed E-state index contributed by atoms with van der Waals surface area (Å²) in [6, 6.07) is 11.0. The second-order valence-electron chi connectivity index (χ2n) is 8.08. The third-order valence-electron chi connectivity index (χ3n) is 5.55. The first-order valence-electron chi connectivity index (χ1n) is 11.3. The van der Waals surface area contributed by atoms with Gasteiger partial charge in [-0.2, -0.15) is 0 Å². The van der Waals surface area contributed by atoms with Gasteiger partial charge in [-0.05, 0) is 49.2 Å². The van der Waals surface area contributed by atoms with Crippen molar-refractivity contribution in [2.75, 3.05) is 18.2 Å². The maximum Gasteiger partial charge on any atom is 0.242 e. The summed E-state index contributed by atoms with van der Waals surface area (Å²) in [6.07, 6.45) is 8.87. The molecule has 0 radical (unpaired) electrons. The summed E-state index contributed by atoms with van der Waals surface area (Å²) >= 11 is 1.24. The first-order chi connectivity index (χ1) is 16.6. The molecule has 4 rings (SSSR count). The van der Waals surface area contributed by atoms with Crippen LogP contribution in [0.5, 0.6) is 5.75 Å². The summed E-state index contributed by atoms with van der Waals surface area (Å²) < 4.78 is 6.71. The van der Waals surface area contributed by atoms with Crippen molar-refractivity contribution in [3.05, 3.63) is 48.8 Å². The van der Waals surface area contributed by atoms with Gasteiger partial charge >= 0.3 is 0 Å². The molecule has 1 aliphatic carbocycles. The Morgan fingerprint density at radius 3 is 2.50 bits per heavy atom. The Morgan fingerprint density at radius 1 is 1.06 bits per heavy atom. The summed E-state index contributed by atoms with van der Waals surface area (Å²) in [4.78, 5) is 33.8. The summed E-state index contributed by atoms with van der Waals surface area (Å²) in [5, 5.41) is 11.0. The molecule has 1 aromatic carbocycles. The first-order valence-corrected chi connectivity index (χ1v) is 12.3. The van der Waals surface area contributed by atoms with Gasteiger partial charge in [0.1, 0.15) is 12.3 Å². The van der Waals surface area contributed by atoms with Crippen molar-refractivity contribution in [1.29, 1.82) is 0 Å². The molecule has 178 valence electrons. The zero-order valence-electron chi connectivity index (χ0n) is 19.1. The second kappa shape index (κ2) is 11.6. The Balaban J connectivity index is 1.42. The normalized spacial score (nSPS) is 13.9. The highest BCUT2D eigenvalue weighted by Crippen LogP contribution is 2.23. The molecule has 0 saturated heterocycles. The SMILES string of the molecule is COc1ccc(NC(=O)CSc2nc(-c3ccncc3)nn2CC(=O)NC2CCCCC2)cc1. The van der Waals surface area contributed by atoms with E-state index in [0.29, 0.717) is 16.7 Å². The van der Waals surface area contributed by atoms with Crippen molar-refractivity contribution in [3.8, 4) is 17.1 Å². The Labute approximate surface area is 202 Å². The number of methoxy groups -OCH3 is 1. The minimum absolute atomic E-state index is 0.0526. The number of nitrogens with one attached hydrogen (secondary N) is 2. The highest BCUT2D eigenvalue weighted by Gasteiger charge is 2.19. The molecule has 0 spiro atoms. The van der Waals surface area contributed by atoms with Crippen molar-refractivity contribution in [2.24, 2.45) is 0 Å². The number of benzene rings is 1. The standard InChI is InChI=1S/C24H28N6O3S/c1-33-20-9-7-19(8-10-20)27-22(32)16-34-24-28-23(17-11-13-25-14-12-17)29-30(24)15-21(31)26-18-5-3-2-4-6-18/h7-14,18H,2-6,15-16H2,1H3,(H,26,31)(H,27,32). The van der Waals surface area contributed by atoms with Crippen LogP contribution in [0.3, 0.4) is 0 Å². The van der Waals surface area contributed by atoms with Crippen LogP contribution in [-0.2, 0) is 16.1 Å². The molecule has 0 unspecified atom stereocenters. The van der Waals surface area contributed by atoms with Gasteiger partial charge in [0.15, 0.2) is 11.0 Å². The predicted molar refractivity (Wildman–Crippen MR) is 131 cm³/mol. The highest BCUT2D eigenvalue weighted by molar-refractivity contribution is 7.99. The number of nitrogens with zero attached hydrogens (tertiary/aromatic N) is 4. The molecule has 1 saturated carbocycles. The third kappa shape index (κ3) is 6.57. The molecular weight excluding hydrogens is 452 g/mol. The number of hydrogen-bond donors (Lipinski definition) is 2. The third-order valence-corrected chi connectivity index (χ3v) is 6.51. The van der Waals surface area contributed by atoms with Gasteiger partial charge < -0.3 is 15.4 Å². The molecule has 10 heteroatoms. The topological polar surface area (TPSA) is 111 Å². The fourth-order valence-corrected chi connectivity index (χ4v) is 4.56. The lowest BCUT2D eigenvalue weighted by Crippen LogP contribution is -2.38. The minimum Gasteiger partial charge on any atom is -0.497 e. The number of ether oxygens (including phenoxy) is 1. The van der Waals surface area contributed by atoms with Crippen molar-refractivity contribution in [1.82, 2.24) is 25.1 Å². The minimum atomic E-state index is -0.179. The molecule has 1 fully saturated rings. The molecule has 2 aromatic heterocycles. The van der Waals surface area contributed by atoms with Crippen LogP contribution >= 0.6 is 11.8 Å². The van der Waals surface area contributed by atoms with E-state index in [2.05, 4.69) is 25.7 Å². The van der Waals surface area contributed by atoms with Gasteiger partial charge in [0.2, 0.25) is 11.8 Å². The maximum atomic E-state index is 12.7. The van der Waals surface area contributed by atoms with Gasteiger partial charge in [-0.25, -0.2) is 9.67 Å². The number of rotatable bonds is 9. The van der Waals surface area contributed by atoms with Crippen molar-refractivity contribution in [2.45, 2.75) is 49.8 Å². The van der Waals surface area contributed by atoms with E-state index in [0.717, 1.165) is 37.0 Å². The average molecular weight is 481 g/mol. The fraction of sp³-hybridized carbons (Fsp3) is 0.375. The molecule has 1 aliphatic rings. The van der Waals surface area contributed by atoms with E-state index in [4.69, 9.17) is 4.74 Å². The molecule has 2 N–H and O–H groups in total. The largest absolute Gasteiger partial charge is 0.497 e. The molecule has 0 aliphatic heterocycles. The van der Waals surface area contributed by atoms with Gasteiger partial charge in [0, 0.05) is 29.7 Å². The van der Waals surface area contributed by atoms with E-state index in [1.165, 1.54) is 18.2 Å². The van der Waals surface area contributed by atoms with Crippen molar-refractivity contribution < 1.29 is 14.3 Å². The average Bonchev–Trinajstić information content (AvgIpc) is 3.27. The molecule has 2 amide bonds. The van der Waals surface area contributed by atoms with E-state index in [-0.39, 0.29) is 30.2 Å². The number of anilines is 1. The van der Waals surface area contributed by atoms with E-state index < -0.39 is 0 Å². The maximum absolute atomic E-state index is 12.7.